The van der Waals surface area contributed by atoms with Gasteiger partial charge in [0.2, 0.25) is 5.89 Å². The lowest BCUT2D eigenvalue weighted by molar-refractivity contribution is 0.476. The van der Waals surface area contributed by atoms with Gasteiger partial charge in [-0.3, -0.25) is 9.11 Å². The van der Waals surface area contributed by atoms with Crippen LogP contribution in [0.3, 0.4) is 0 Å². The Morgan fingerprint density at radius 2 is 1.64 bits per heavy atom. The summed E-state index contributed by atoms with van der Waals surface area (Å²) in [5.74, 6) is 0.696. The Hall–Kier alpha value is -3.31. The highest BCUT2D eigenvalue weighted by molar-refractivity contribution is 8.24. The minimum Gasteiger partial charge on any atom is -0.414 e. The van der Waals surface area contributed by atoms with Crippen molar-refractivity contribution >= 4 is 16.4 Å². The van der Waals surface area contributed by atoms with Crippen LogP contribution in [0.25, 0.3) is 34.3 Å². The molecule has 9 nitrogen and oxygen atoms in total. The van der Waals surface area contributed by atoms with Crippen LogP contribution in [-0.2, 0) is 6.54 Å². The fourth-order valence-corrected chi connectivity index (χ4v) is 4.28. The number of hydrogen-bond donors (Lipinski definition) is 4. The van der Waals surface area contributed by atoms with Crippen molar-refractivity contribution in [2.45, 2.75) is 30.5 Å². The van der Waals surface area contributed by atoms with Gasteiger partial charge >= 0.3 is 0 Å². The zero-order valence-electron chi connectivity index (χ0n) is 18.6. The molecular weight excluding hydrogens is 440 g/mol. The second-order valence-corrected chi connectivity index (χ2v) is 10.4. The molecule has 0 atom stereocenters. The lowest BCUT2D eigenvalue weighted by Crippen LogP contribution is -2.10. The van der Waals surface area contributed by atoms with Crippen LogP contribution < -0.4 is 11.1 Å². The van der Waals surface area contributed by atoms with E-state index in [2.05, 4.69) is 25.5 Å². The number of nitrogens with zero attached hydrogens (tertiary/aromatic N) is 4. The maximum Gasteiger partial charge on any atom is 0.270 e. The molecule has 0 aliphatic carbocycles. The van der Waals surface area contributed by atoms with Crippen LogP contribution in [0, 0.1) is 0 Å². The van der Waals surface area contributed by atoms with E-state index < -0.39 is 10.6 Å². The van der Waals surface area contributed by atoms with Crippen molar-refractivity contribution in [1.82, 2.24) is 25.5 Å². The summed E-state index contributed by atoms with van der Waals surface area (Å²) in [5, 5.41) is 11.1. The van der Waals surface area contributed by atoms with Crippen LogP contribution in [0.1, 0.15) is 23.7 Å². The van der Waals surface area contributed by atoms with Crippen molar-refractivity contribution in [3.63, 3.8) is 0 Å². The van der Waals surface area contributed by atoms with E-state index in [1.807, 2.05) is 31.3 Å². The summed E-state index contributed by atoms with van der Waals surface area (Å²) in [6.07, 6.45) is 1.55. The SMILES string of the molecule is CNCc1ccc(-c2nnc(-c3nc(-c4ccc(S(O)(O)C(C)C)cc4)cnc3N)o2)cc1.[HH].[HH].[HH]. The van der Waals surface area contributed by atoms with E-state index in [1.165, 1.54) is 0 Å². The molecule has 5 N–H and O–H groups in total. The van der Waals surface area contributed by atoms with E-state index in [9.17, 15) is 9.11 Å². The molecule has 10 heteroatoms. The molecule has 0 saturated carbocycles. The molecule has 2 heterocycles. The summed E-state index contributed by atoms with van der Waals surface area (Å²) < 4.78 is 26.5. The average molecular weight is 473 g/mol. The molecule has 178 valence electrons. The fraction of sp³-hybridized carbons (Fsp3) is 0.217. The second kappa shape index (κ2) is 9.28. The number of aromatic nitrogens is 4. The Kier molecular flexibility index (Phi) is 6.43. The van der Waals surface area contributed by atoms with Crippen molar-refractivity contribution in [1.29, 1.82) is 0 Å². The minimum atomic E-state index is -2.86. The number of nitrogens with one attached hydrogen (secondary N) is 1. The first-order chi connectivity index (χ1) is 15.8. The summed E-state index contributed by atoms with van der Waals surface area (Å²) in [6.45, 7) is 4.32. The van der Waals surface area contributed by atoms with Gasteiger partial charge in [0.05, 0.1) is 16.8 Å². The van der Waals surface area contributed by atoms with E-state index in [-0.39, 0.29) is 26.9 Å². The normalized spacial score (nSPS) is 12.3. The van der Waals surface area contributed by atoms with Crippen LogP contribution in [0.15, 0.2) is 64.0 Å². The Bertz CT molecular complexity index is 1250. The van der Waals surface area contributed by atoms with Crippen LogP contribution in [0.4, 0.5) is 5.82 Å². The van der Waals surface area contributed by atoms with Gasteiger partial charge in [-0.05, 0) is 50.7 Å². The highest BCUT2D eigenvalue weighted by Crippen LogP contribution is 2.52. The summed E-state index contributed by atoms with van der Waals surface area (Å²) in [6, 6.07) is 14.7. The Morgan fingerprint density at radius 1 is 1.00 bits per heavy atom. The zero-order valence-corrected chi connectivity index (χ0v) is 19.4. The summed E-state index contributed by atoms with van der Waals surface area (Å²) in [5.41, 5.74) is 9.55. The van der Waals surface area contributed by atoms with Gasteiger partial charge in [-0.15, -0.1) is 10.2 Å². The zero-order chi connectivity index (χ0) is 23.6. The monoisotopic (exact) mass is 472 g/mol. The molecule has 0 aliphatic heterocycles. The molecule has 4 rings (SSSR count). The van der Waals surface area contributed by atoms with Crippen molar-refractivity contribution in [3.05, 3.63) is 60.3 Å². The molecule has 0 spiro atoms. The highest BCUT2D eigenvalue weighted by atomic mass is 32.3. The minimum absolute atomic E-state index is 0. The van der Waals surface area contributed by atoms with Gasteiger partial charge in [0, 0.05) is 27.2 Å². The topological polar surface area (TPSA) is 143 Å². The predicted molar refractivity (Wildman–Crippen MR) is 136 cm³/mol. The maximum atomic E-state index is 10.4. The Morgan fingerprint density at radius 3 is 2.27 bits per heavy atom. The third kappa shape index (κ3) is 4.74. The molecule has 0 radical (unpaired) electrons. The van der Waals surface area contributed by atoms with E-state index >= 15 is 0 Å². The largest absolute Gasteiger partial charge is 0.414 e. The van der Waals surface area contributed by atoms with Crippen molar-refractivity contribution in [2.24, 2.45) is 0 Å². The highest BCUT2D eigenvalue weighted by Gasteiger charge is 2.21. The van der Waals surface area contributed by atoms with E-state index in [1.54, 1.807) is 44.3 Å². The number of benzene rings is 2. The molecule has 0 unspecified atom stereocenters. The Balaban J connectivity index is 0.00000216. The van der Waals surface area contributed by atoms with E-state index in [4.69, 9.17) is 10.2 Å². The molecule has 0 amide bonds. The van der Waals surface area contributed by atoms with Crippen LogP contribution in [0.5, 0.6) is 0 Å². The standard InChI is InChI=1S/C23H26N6O3S.3H2/c1-14(2)33(30,31)18-10-8-16(9-11-18)19-13-26-21(24)20(27-19)23-29-28-22(32-23)17-6-4-15(5-7-17)12-25-3;;;/h4-11,13-14,25,30-31H,12H2,1-3H3,(H2,24,26);3*1H. The van der Waals surface area contributed by atoms with Crippen LogP contribution >= 0.6 is 10.6 Å². The first-order valence-corrected chi connectivity index (χ1v) is 12.0. The number of nitrogen functional groups attached to an aromatic ring is 1. The summed E-state index contributed by atoms with van der Waals surface area (Å²) >= 11 is 0. The first kappa shape index (κ1) is 22.9. The third-order valence-corrected chi connectivity index (χ3v) is 7.45. The molecule has 0 fully saturated rings. The van der Waals surface area contributed by atoms with Gasteiger partial charge < -0.3 is 15.5 Å². The molecule has 33 heavy (non-hydrogen) atoms. The van der Waals surface area contributed by atoms with Gasteiger partial charge in [0.1, 0.15) is 0 Å². The van der Waals surface area contributed by atoms with Crippen molar-refractivity contribution in [3.8, 4) is 34.3 Å². The van der Waals surface area contributed by atoms with Gasteiger partial charge in [0.15, 0.2) is 11.5 Å². The van der Waals surface area contributed by atoms with E-state index in [0.717, 1.165) is 23.2 Å². The molecule has 4 aromatic rings. The van der Waals surface area contributed by atoms with Gasteiger partial charge in [0.25, 0.3) is 5.89 Å². The van der Waals surface area contributed by atoms with Gasteiger partial charge in [-0.2, -0.15) is 10.6 Å². The third-order valence-electron chi connectivity index (χ3n) is 5.16. The van der Waals surface area contributed by atoms with Gasteiger partial charge in [-0.1, -0.05) is 24.3 Å². The summed E-state index contributed by atoms with van der Waals surface area (Å²) in [7, 11) is -0.962. The summed E-state index contributed by atoms with van der Waals surface area (Å²) in [4.78, 5) is 9.29. The quantitative estimate of drug-likeness (QED) is 0.277. The second-order valence-electron chi connectivity index (χ2n) is 7.79. The average Bonchev–Trinajstić information content (AvgIpc) is 3.30. The lowest BCUT2D eigenvalue weighted by atomic mass is 10.1. The maximum absolute atomic E-state index is 10.4. The van der Waals surface area contributed by atoms with Crippen molar-refractivity contribution in [2.75, 3.05) is 12.8 Å². The van der Waals surface area contributed by atoms with Crippen molar-refractivity contribution < 1.29 is 17.8 Å². The Labute approximate surface area is 197 Å². The number of rotatable bonds is 7. The van der Waals surface area contributed by atoms with E-state index in [0.29, 0.717) is 16.5 Å². The first-order valence-electron chi connectivity index (χ1n) is 10.4. The van der Waals surface area contributed by atoms with Gasteiger partial charge in [-0.25, -0.2) is 9.97 Å². The number of nitrogens with two attached hydrogens (primary N) is 1. The number of hydrogen-bond acceptors (Lipinski definition) is 9. The number of anilines is 1. The molecular formula is C23H32N6O3S. The molecule has 0 saturated heterocycles. The van der Waals surface area contributed by atoms with Crippen LogP contribution in [0.2, 0.25) is 0 Å². The molecule has 2 aromatic heterocycles. The lowest BCUT2D eigenvalue weighted by Gasteiger charge is -2.36. The predicted octanol–water partition coefficient (Wildman–Crippen LogP) is 5.42. The smallest absolute Gasteiger partial charge is 0.270 e. The molecule has 2 aromatic carbocycles. The molecule has 0 aliphatic rings. The fourth-order valence-electron chi connectivity index (χ4n) is 3.20. The molecule has 0 bridgehead atoms. The van der Waals surface area contributed by atoms with Crippen LogP contribution in [-0.4, -0.2) is 41.6 Å².